The van der Waals surface area contributed by atoms with Crippen LogP contribution in [0.4, 0.5) is 5.69 Å². The molecule has 5 rings (SSSR count). The summed E-state index contributed by atoms with van der Waals surface area (Å²) in [6.45, 7) is 4.48. The number of sulfonamides is 1. The Labute approximate surface area is 221 Å². The lowest BCUT2D eigenvalue weighted by Gasteiger charge is -2.17. The Kier molecular flexibility index (Phi) is 6.96. The molecule has 0 radical (unpaired) electrons. The molecule has 1 saturated carbocycles. The molecule has 2 N–H and O–H groups in total. The maximum absolute atomic E-state index is 13.4. The topological polar surface area (TPSA) is 93.7 Å². The van der Waals surface area contributed by atoms with E-state index in [1.165, 1.54) is 0 Å². The smallest absolute Gasteiger partial charge is 0.235 e. The summed E-state index contributed by atoms with van der Waals surface area (Å²) < 4.78 is 37.7. The van der Waals surface area contributed by atoms with Crippen LogP contribution in [0.3, 0.4) is 0 Å². The molecule has 0 spiro atoms. The van der Waals surface area contributed by atoms with Crippen LogP contribution in [0.2, 0.25) is 0 Å². The Morgan fingerprint density at radius 2 is 1.76 bits per heavy atom. The molecular formula is C29H36N2O5S. The van der Waals surface area contributed by atoms with Crippen LogP contribution in [0.25, 0.3) is 11.1 Å². The number of nitrogens with one attached hydrogen (secondary N) is 2. The number of ether oxygens (including phenoxy) is 2. The monoisotopic (exact) mass is 524 g/mol. The third-order valence-electron chi connectivity index (χ3n) is 7.13. The number of rotatable bonds is 10. The van der Waals surface area contributed by atoms with Crippen molar-refractivity contribution in [3.05, 3.63) is 77.4 Å². The minimum Gasteiger partial charge on any atom is -0.454 e. The fourth-order valence-electron chi connectivity index (χ4n) is 4.63. The van der Waals surface area contributed by atoms with Crippen molar-refractivity contribution in [2.75, 3.05) is 17.9 Å². The number of fused-ring (bicyclic) bond motifs is 1. The van der Waals surface area contributed by atoms with Crippen molar-refractivity contribution in [1.29, 1.82) is 0 Å². The minimum absolute atomic E-state index is 0. The van der Waals surface area contributed by atoms with E-state index in [4.69, 9.17) is 9.47 Å². The van der Waals surface area contributed by atoms with Crippen molar-refractivity contribution in [2.24, 2.45) is 0 Å². The second kappa shape index (κ2) is 10.2. The molecule has 1 aliphatic heterocycles. The summed E-state index contributed by atoms with van der Waals surface area (Å²) in [4.78, 5) is 13.4. The second-order valence-corrected chi connectivity index (χ2v) is 11.8. The van der Waals surface area contributed by atoms with Gasteiger partial charge in [0.15, 0.2) is 11.5 Å². The van der Waals surface area contributed by atoms with Crippen LogP contribution in [0.15, 0.2) is 60.7 Å². The first-order chi connectivity index (χ1) is 17.8. The molecule has 2 aliphatic rings. The Hall–Kier alpha value is -3.36. The van der Waals surface area contributed by atoms with E-state index in [0.29, 0.717) is 17.9 Å². The van der Waals surface area contributed by atoms with Crippen molar-refractivity contribution in [2.45, 2.75) is 51.5 Å². The number of aryl methyl sites for hydroxylation is 1. The average Bonchev–Trinajstić information content (AvgIpc) is 3.58. The number of benzene rings is 3. The normalized spacial score (nSPS) is 15.4. The molecule has 198 valence electrons. The van der Waals surface area contributed by atoms with Crippen LogP contribution in [-0.2, 0) is 26.8 Å². The molecule has 8 heteroatoms. The highest BCUT2D eigenvalue weighted by atomic mass is 32.2. The van der Waals surface area contributed by atoms with E-state index in [9.17, 15) is 13.2 Å². The van der Waals surface area contributed by atoms with Crippen molar-refractivity contribution in [1.82, 2.24) is 4.72 Å². The Bertz CT molecular complexity index is 1420. The lowest BCUT2D eigenvalue weighted by atomic mass is 9.94. The SMILES string of the molecule is CCCCS(=O)(=O)NCc1ccc(-c2cc(NC(=O)C3(c4ccc5c(c4)OCO5)CC3)ccc2C)cc1.[HH].[HH]. The first-order valence-corrected chi connectivity index (χ1v) is 14.3. The summed E-state index contributed by atoms with van der Waals surface area (Å²) in [7, 11) is -3.26. The summed E-state index contributed by atoms with van der Waals surface area (Å²) in [6.07, 6.45) is 3.08. The zero-order valence-electron chi connectivity index (χ0n) is 21.2. The number of anilines is 1. The van der Waals surface area contributed by atoms with E-state index in [2.05, 4.69) is 10.0 Å². The van der Waals surface area contributed by atoms with Gasteiger partial charge in [0.2, 0.25) is 22.7 Å². The lowest BCUT2D eigenvalue weighted by Crippen LogP contribution is -2.27. The molecule has 1 fully saturated rings. The third-order valence-corrected chi connectivity index (χ3v) is 8.54. The third kappa shape index (κ3) is 5.50. The van der Waals surface area contributed by atoms with Gasteiger partial charge in [-0.3, -0.25) is 4.79 Å². The molecule has 0 aromatic heterocycles. The summed E-state index contributed by atoms with van der Waals surface area (Å²) in [5, 5.41) is 3.13. The van der Waals surface area contributed by atoms with Crippen molar-refractivity contribution < 1.29 is 25.5 Å². The molecule has 1 amide bonds. The van der Waals surface area contributed by atoms with Crippen molar-refractivity contribution in [3.8, 4) is 22.6 Å². The average molecular weight is 525 g/mol. The van der Waals surface area contributed by atoms with Gasteiger partial charge in [0.25, 0.3) is 0 Å². The van der Waals surface area contributed by atoms with Crippen LogP contribution < -0.4 is 19.5 Å². The fraction of sp³-hybridized carbons (Fsp3) is 0.345. The highest BCUT2D eigenvalue weighted by Gasteiger charge is 2.51. The molecule has 1 heterocycles. The number of carbonyl (C=O) groups excluding carboxylic acids is 1. The molecule has 0 bridgehead atoms. The molecule has 1 aliphatic carbocycles. The maximum atomic E-state index is 13.4. The van der Waals surface area contributed by atoms with E-state index in [1.807, 2.05) is 74.5 Å². The molecule has 0 saturated heterocycles. The van der Waals surface area contributed by atoms with Gasteiger partial charge in [-0.25, -0.2) is 13.1 Å². The second-order valence-electron chi connectivity index (χ2n) is 9.82. The molecule has 0 unspecified atom stereocenters. The van der Waals surface area contributed by atoms with E-state index in [1.54, 1.807) is 0 Å². The van der Waals surface area contributed by atoms with Gasteiger partial charge in [-0.15, -0.1) is 0 Å². The van der Waals surface area contributed by atoms with Gasteiger partial charge in [-0.2, -0.15) is 0 Å². The maximum Gasteiger partial charge on any atom is 0.235 e. The summed E-state index contributed by atoms with van der Waals surface area (Å²) in [5.41, 5.74) is 5.14. The molecule has 7 nitrogen and oxygen atoms in total. The zero-order valence-corrected chi connectivity index (χ0v) is 22.0. The van der Waals surface area contributed by atoms with Crippen LogP contribution in [0.1, 0.15) is 52.2 Å². The zero-order chi connectivity index (χ0) is 26.0. The standard InChI is InChI=1S/C29H32N2O5S.2H2/c1-3-4-15-37(33,34)30-18-21-6-8-22(9-7-21)25-17-24(11-5-20(25)2)31-28(32)29(13-14-29)23-10-12-26-27(16-23)36-19-35-26;;/h5-12,16-17,30H,3-4,13-15,18-19H2,1-2H3,(H,31,32);2*1H. The van der Waals surface area contributed by atoms with Crippen molar-refractivity contribution in [3.63, 3.8) is 0 Å². The summed E-state index contributed by atoms with van der Waals surface area (Å²) in [6, 6.07) is 19.5. The van der Waals surface area contributed by atoms with E-state index < -0.39 is 15.4 Å². The van der Waals surface area contributed by atoms with Crippen LogP contribution in [0, 0.1) is 6.92 Å². The number of hydrogen-bond acceptors (Lipinski definition) is 5. The predicted octanol–water partition coefficient (Wildman–Crippen LogP) is 5.77. The predicted molar refractivity (Wildman–Crippen MR) is 148 cm³/mol. The van der Waals surface area contributed by atoms with Gasteiger partial charge in [0, 0.05) is 15.1 Å². The number of unbranched alkanes of at least 4 members (excludes halogenated alkanes) is 1. The Morgan fingerprint density at radius 3 is 2.49 bits per heavy atom. The minimum atomic E-state index is -3.26. The highest BCUT2D eigenvalue weighted by Crippen LogP contribution is 2.51. The first kappa shape index (κ1) is 25.3. The summed E-state index contributed by atoms with van der Waals surface area (Å²) >= 11 is 0. The van der Waals surface area contributed by atoms with Crippen molar-refractivity contribution >= 4 is 21.6 Å². The molecular weight excluding hydrogens is 488 g/mol. The lowest BCUT2D eigenvalue weighted by molar-refractivity contribution is -0.118. The Morgan fingerprint density at radius 1 is 1.00 bits per heavy atom. The van der Waals surface area contributed by atoms with Crippen LogP contribution in [0.5, 0.6) is 11.5 Å². The summed E-state index contributed by atoms with van der Waals surface area (Å²) in [5.74, 6) is 1.52. The van der Waals surface area contributed by atoms with Gasteiger partial charge in [-0.05, 0) is 78.3 Å². The number of carbonyl (C=O) groups is 1. The Balaban J connectivity index is 0.00000210. The van der Waals surface area contributed by atoms with Gasteiger partial charge < -0.3 is 14.8 Å². The largest absolute Gasteiger partial charge is 0.454 e. The molecule has 0 atom stereocenters. The van der Waals surface area contributed by atoms with Gasteiger partial charge in [-0.1, -0.05) is 49.7 Å². The quantitative estimate of drug-likeness (QED) is 0.351. The van der Waals surface area contributed by atoms with Crippen LogP contribution >= 0.6 is 0 Å². The first-order valence-electron chi connectivity index (χ1n) is 12.7. The van der Waals surface area contributed by atoms with E-state index >= 15 is 0 Å². The van der Waals surface area contributed by atoms with E-state index in [0.717, 1.165) is 52.8 Å². The highest BCUT2D eigenvalue weighted by molar-refractivity contribution is 7.89. The van der Waals surface area contributed by atoms with Gasteiger partial charge >= 0.3 is 0 Å². The van der Waals surface area contributed by atoms with E-state index in [-0.39, 0.29) is 27.9 Å². The number of amides is 1. The van der Waals surface area contributed by atoms with Gasteiger partial charge in [0.05, 0.1) is 11.2 Å². The van der Waals surface area contributed by atoms with Gasteiger partial charge in [0.1, 0.15) is 0 Å². The molecule has 3 aromatic rings. The number of hydrogen-bond donors (Lipinski definition) is 2. The molecule has 37 heavy (non-hydrogen) atoms. The van der Waals surface area contributed by atoms with Crippen LogP contribution in [-0.4, -0.2) is 26.9 Å². The fourth-order valence-corrected chi connectivity index (χ4v) is 5.83. The molecule has 3 aromatic carbocycles.